The predicted octanol–water partition coefficient (Wildman–Crippen LogP) is 4.20. The quantitative estimate of drug-likeness (QED) is 0.588. The van der Waals surface area contributed by atoms with Crippen LogP contribution < -0.4 is 4.74 Å². The van der Waals surface area contributed by atoms with Gasteiger partial charge in [0, 0.05) is 30.6 Å². The fraction of sp³-hybridized carbons (Fsp3) is 0.100. The van der Waals surface area contributed by atoms with Crippen molar-refractivity contribution in [2.75, 3.05) is 0 Å². The van der Waals surface area contributed by atoms with Crippen LogP contribution in [0.15, 0.2) is 67.0 Å². The lowest BCUT2D eigenvalue weighted by Crippen LogP contribution is -2.03. The molecule has 4 aromatic rings. The molecule has 0 aliphatic rings. The van der Waals surface area contributed by atoms with E-state index < -0.39 is 0 Å². The Bertz CT molecular complexity index is 1020. The Balaban J connectivity index is 1.60. The highest BCUT2D eigenvalue weighted by Gasteiger charge is 2.11. The highest BCUT2D eigenvalue weighted by atomic mass is 19.1. The van der Waals surface area contributed by atoms with E-state index in [-0.39, 0.29) is 5.82 Å². The number of hydrogen-bond donors (Lipinski definition) is 1. The van der Waals surface area contributed by atoms with E-state index in [0.29, 0.717) is 6.61 Å². The van der Waals surface area contributed by atoms with Crippen molar-refractivity contribution < 1.29 is 9.13 Å². The van der Waals surface area contributed by atoms with Crippen molar-refractivity contribution in [1.29, 1.82) is 0 Å². The van der Waals surface area contributed by atoms with Crippen LogP contribution in [0, 0.1) is 5.82 Å². The van der Waals surface area contributed by atoms with Crippen molar-refractivity contribution in [2.45, 2.75) is 6.61 Å². The van der Waals surface area contributed by atoms with Crippen molar-refractivity contribution >= 4 is 0 Å². The van der Waals surface area contributed by atoms with Crippen LogP contribution >= 0.6 is 0 Å². The summed E-state index contributed by atoms with van der Waals surface area (Å²) < 4.78 is 21.0. The first-order valence-electron chi connectivity index (χ1n) is 8.20. The number of benzene rings is 2. The van der Waals surface area contributed by atoms with Crippen LogP contribution in [-0.4, -0.2) is 19.7 Å². The van der Waals surface area contributed by atoms with Crippen LogP contribution in [0.2, 0.25) is 0 Å². The van der Waals surface area contributed by atoms with Gasteiger partial charge in [-0.25, -0.2) is 9.37 Å². The van der Waals surface area contributed by atoms with Gasteiger partial charge >= 0.3 is 0 Å². The van der Waals surface area contributed by atoms with Gasteiger partial charge in [0.1, 0.15) is 24.0 Å². The van der Waals surface area contributed by atoms with Crippen molar-refractivity contribution in [1.82, 2.24) is 19.7 Å². The Morgan fingerprint density at radius 3 is 2.69 bits per heavy atom. The standard InChI is InChI=1S/C20H17FN4O/c1-25-11-10-22-20(25)13-26-19-5-3-2-4-16(19)18-12-17(23-24-18)14-6-8-15(21)9-7-14/h2-12H,13H2,1H3,(H,23,24). The summed E-state index contributed by atoms with van der Waals surface area (Å²) in [6.45, 7) is 0.374. The minimum atomic E-state index is -0.266. The lowest BCUT2D eigenvalue weighted by atomic mass is 10.1. The first kappa shape index (κ1) is 16.1. The normalized spacial score (nSPS) is 10.8. The summed E-state index contributed by atoms with van der Waals surface area (Å²) in [6.07, 6.45) is 3.63. The molecular weight excluding hydrogens is 331 g/mol. The number of H-pyrrole nitrogens is 1. The molecule has 2 heterocycles. The maximum absolute atomic E-state index is 13.1. The van der Waals surface area contributed by atoms with Gasteiger partial charge in [0.05, 0.1) is 11.4 Å². The molecular formula is C20H17FN4O. The highest BCUT2D eigenvalue weighted by Crippen LogP contribution is 2.31. The fourth-order valence-electron chi connectivity index (χ4n) is 2.72. The average Bonchev–Trinajstić information content (AvgIpc) is 3.30. The molecule has 0 aliphatic heterocycles. The summed E-state index contributed by atoms with van der Waals surface area (Å²) in [7, 11) is 1.93. The van der Waals surface area contributed by atoms with Gasteiger partial charge in [0.25, 0.3) is 0 Å². The third-order valence-electron chi connectivity index (χ3n) is 4.17. The van der Waals surface area contributed by atoms with Gasteiger partial charge in [-0.2, -0.15) is 5.10 Å². The number of imidazole rings is 1. The minimum Gasteiger partial charge on any atom is -0.485 e. The zero-order valence-electron chi connectivity index (χ0n) is 14.2. The minimum absolute atomic E-state index is 0.266. The third-order valence-corrected chi connectivity index (χ3v) is 4.17. The van der Waals surface area contributed by atoms with E-state index in [4.69, 9.17) is 4.74 Å². The molecule has 2 aromatic heterocycles. The third kappa shape index (κ3) is 3.21. The van der Waals surface area contributed by atoms with Gasteiger partial charge in [-0.05, 0) is 42.5 Å². The second-order valence-corrected chi connectivity index (χ2v) is 5.91. The van der Waals surface area contributed by atoms with Crippen LogP contribution in [0.25, 0.3) is 22.5 Å². The number of nitrogens with one attached hydrogen (secondary N) is 1. The molecule has 0 fully saturated rings. The SMILES string of the molecule is Cn1ccnc1COc1ccccc1-c1cc(-c2ccc(F)cc2)n[nH]1. The molecule has 2 aromatic carbocycles. The second-order valence-electron chi connectivity index (χ2n) is 5.91. The molecule has 6 heteroatoms. The van der Waals surface area contributed by atoms with Crippen LogP contribution in [-0.2, 0) is 13.7 Å². The van der Waals surface area contributed by atoms with Gasteiger partial charge in [0.15, 0.2) is 0 Å². The van der Waals surface area contributed by atoms with Gasteiger partial charge in [-0.3, -0.25) is 5.10 Å². The summed E-state index contributed by atoms with van der Waals surface area (Å²) in [5, 5.41) is 7.37. The predicted molar refractivity (Wildman–Crippen MR) is 97.0 cm³/mol. The van der Waals surface area contributed by atoms with E-state index in [1.54, 1.807) is 18.3 Å². The topological polar surface area (TPSA) is 55.7 Å². The van der Waals surface area contributed by atoms with Crippen LogP contribution in [0.1, 0.15) is 5.82 Å². The second kappa shape index (κ2) is 6.84. The molecule has 26 heavy (non-hydrogen) atoms. The monoisotopic (exact) mass is 348 g/mol. The molecule has 0 aliphatic carbocycles. The zero-order chi connectivity index (χ0) is 17.9. The molecule has 0 amide bonds. The first-order valence-corrected chi connectivity index (χ1v) is 8.20. The Labute approximate surface area is 150 Å². The lowest BCUT2D eigenvalue weighted by Gasteiger charge is -2.10. The van der Waals surface area contributed by atoms with E-state index in [0.717, 1.165) is 34.1 Å². The van der Waals surface area contributed by atoms with Crippen molar-refractivity contribution in [2.24, 2.45) is 7.05 Å². The number of aryl methyl sites for hydroxylation is 1. The Kier molecular flexibility index (Phi) is 4.23. The molecule has 4 rings (SSSR count). The molecule has 1 N–H and O–H groups in total. The Hall–Kier alpha value is -3.41. The van der Waals surface area contributed by atoms with E-state index >= 15 is 0 Å². The Morgan fingerprint density at radius 1 is 1.12 bits per heavy atom. The fourth-order valence-corrected chi connectivity index (χ4v) is 2.72. The number of para-hydroxylation sites is 1. The summed E-state index contributed by atoms with van der Waals surface area (Å²) >= 11 is 0. The molecule has 0 bridgehead atoms. The highest BCUT2D eigenvalue weighted by molar-refractivity contribution is 5.72. The average molecular weight is 348 g/mol. The maximum atomic E-state index is 13.1. The number of rotatable bonds is 5. The molecule has 0 unspecified atom stereocenters. The van der Waals surface area contributed by atoms with E-state index in [1.807, 2.05) is 48.1 Å². The smallest absolute Gasteiger partial charge is 0.146 e. The molecule has 0 saturated heterocycles. The maximum Gasteiger partial charge on any atom is 0.146 e. The van der Waals surface area contributed by atoms with E-state index in [1.165, 1.54) is 12.1 Å². The van der Waals surface area contributed by atoms with Crippen molar-refractivity contribution in [3.05, 3.63) is 78.6 Å². The van der Waals surface area contributed by atoms with Crippen LogP contribution in [0.5, 0.6) is 5.75 Å². The van der Waals surface area contributed by atoms with Gasteiger partial charge < -0.3 is 9.30 Å². The number of ether oxygens (including phenoxy) is 1. The molecule has 0 spiro atoms. The number of nitrogens with zero attached hydrogens (tertiary/aromatic N) is 3. The van der Waals surface area contributed by atoms with Crippen molar-refractivity contribution in [3.63, 3.8) is 0 Å². The molecule has 0 saturated carbocycles. The molecule has 0 radical (unpaired) electrons. The lowest BCUT2D eigenvalue weighted by molar-refractivity contribution is 0.293. The zero-order valence-corrected chi connectivity index (χ0v) is 14.2. The number of hydrogen-bond acceptors (Lipinski definition) is 3. The Morgan fingerprint density at radius 2 is 1.92 bits per heavy atom. The van der Waals surface area contributed by atoms with E-state index in [9.17, 15) is 4.39 Å². The first-order chi connectivity index (χ1) is 12.7. The number of halogens is 1. The molecule has 130 valence electrons. The van der Waals surface area contributed by atoms with Crippen LogP contribution in [0.3, 0.4) is 0 Å². The van der Waals surface area contributed by atoms with Gasteiger partial charge in [-0.15, -0.1) is 0 Å². The molecule has 0 atom stereocenters. The van der Waals surface area contributed by atoms with Gasteiger partial charge in [0.2, 0.25) is 0 Å². The summed E-state index contributed by atoms with van der Waals surface area (Å²) in [5.41, 5.74) is 3.33. The number of aromatic amines is 1. The summed E-state index contributed by atoms with van der Waals surface area (Å²) in [4.78, 5) is 4.27. The molecule has 5 nitrogen and oxygen atoms in total. The summed E-state index contributed by atoms with van der Waals surface area (Å²) in [5.74, 6) is 1.32. The number of aromatic nitrogens is 4. The van der Waals surface area contributed by atoms with Gasteiger partial charge in [-0.1, -0.05) is 12.1 Å². The largest absolute Gasteiger partial charge is 0.485 e. The van der Waals surface area contributed by atoms with E-state index in [2.05, 4.69) is 15.2 Å². The summed E-state index contributed by atoms with van der Waals surface area (Å²) in [6, 6.07) is 15.9. The van der Waals surface area contributed by atoms with Crippen molar-refractivity contribution in [3.8, 4) is 28.3 Å². The van der Waals surface area contributed by atoms with Crippen LogP contribution in [0.4, 0.5) is 4.39 Å².